The standard InChI is InChI=1S/C17H31N5O2S.HI/c1-7-18-15(19-8-9-20-16(23)24-17(4,5)6)21-10-14-22-13(11-25-14)12(2)3;/h11-12H,7-10H2,1-6H3,(H,20,23)(H2,18,19,21);1H. The van der Waals surface area contributed by atoms with Crippen molar-refractivity contribution in [2.45, 2.75) is 59.6 Å². The molecular formula is C17H32IN5O2S. The fourth-order valence-corrected chi connectivity index (χ4v) is 2.69. The van der Waals surface area contributed by atoms with Crippen LogP contribution in [0.15, 0.2) is 10.4 Å². The molecule has 1 amide bonds. The Balaban J connectivity index is 0.00000625. The first-order chi connectivity index (χ1) is 11.7. The van der Waals surface area contributed by atoms with E-state index < -0.39 is 11.7 Å². The first kappa shape index (κ1) is 24.9. The van der Waals surface area contributed by atoms with E-state index in [9.17, 15) is 4.79 Å². The molecule has 150 valence electrons. The van der Waals surface area contributed by atoms with Gasteiger partial charge < -0.3 is 20.7 Å². The minimum Gasteiger partial charge on any atom is -0.444 e. The number of hydrogen-bond acceptors (Lipinski definition) is 5. The van der Waals surface area contributed by atoms with E-state index in [0.717, 1.165) is 17.2 Å². The summed E-state index contributed by atoms with van der Waals surface area (Å²) in [7, 11) is 0. The molecule has 26 heavy (non-hydrogen) atoms. The normalized spacial score (nSPS) is 11.7. The number of amides is 1. The summed E-state index contributed by atoms with van der Waals surface area (Å²) >= 11 is 1.63. The molecule has 0 saturated carbocycles. The summed E-state index contributed by atoms with van der Waals surface area (Å²) in [6.45, 7) is 14.1. The highest BCUT2D eigenvalue weighted by atomic mass is 127. The zero-order chi connectivity index (χ0) is 18.9. The van der Waals surface area contributed by atoms with Crippen LogP contribution in [0.1, 0.15) is 58.2 Å². The van der Waals surface area contributed by atoms with Gasteiger partial charge in [-0.2, -0.15) is 0 Å². The number of carbonyl (C=O) groups excluding carboxylic acids is 1. The highest BCUT2D eigenvalue weighted by Gasteiger charge is 2.15. The number of hydrogen-bond donors (Lipinski definition) is 3. The third-order valence-corrected chi connectivity index (χ3v) is 3.82. The van der Waals surface area contributed by atoms with Gasteiger partial charge in [-0.25, -0.2) is 14.8 Å². The predicted octanol–water partition coefficient (Wildman–Crippen LogP) is 3.46. The predicted molar refractivity (Wildman–Crippen MR) is 119 cm³/mol. The van der Waals surface area contributed by atoms with Crippen LogP contribution in [-0.4, -0.2) is 42.3 Å². The van der Waals surface area contributed by atoms with Crippen molar-refractivity contribution >= 4 is 47.4 Å². The first-order valence-electron chi connectivity index (χ1n) is 8.64. The number of ether oxygens (including phenoxy) is 1. The third kappa shape index (κ3) is 10.8. The minimum absolute atomic E-state index is 0. The maximum Gasteiger partial charge on any atom is 0.407 e. The maximum atomic E-state index is 11.6. The molecule has 1 aromatic rings. The number of halogens is 1. The molecule has 0 atom stereocenters. The number of rotatable bonds is 7. The van der Waals surface area contributed by atoms with E-state index in [1.165, 1.54) is 0 Å². The molecule has 9 heteroatoms. The van der Waals surface area contributed by atoms with Crippen molar-refractivity contribution in [1.29, 1.82) is 0 Å². The molecule has 0 aliphatic rings. The van der Waals surface area contributed by atoms with Crippen LogP contribution in [0.5, 0.6) is 0 Å². The molecule has 0 aliphatic carbocycles. The van der Waals surface area contributed by atoms with Gasteiger partial charge in [0.2, 0.25) is 0 Å². The second-order valence-electron chi connectivity index (χ2n) is 6.87. The molecule has 0 bridgehead atoms. The third-order valence-electron chi connectivity index (χ3n) is 2.96. The lowest BCUT2D eigenvalue weighted by molar-refractivity contribution is 0.0529. The van der Waals surface area contributed by atoms with Gasteiger partial charge in [-0.05, 0) is 33.6 Å². The number of carbonyl (C=O) groups is 1. The molecule has 0 aliphatic heterocycles. The quantitative estimate of drug-likeness (QED) is 0.233. The Bertz CT molecular complexity index is 570. The number of aliphatic imine (C=N–C) groups is 1. The maximum absolute atomic E-state index is 11.6. The van der Waals surface area contributed by atoms with E-state index in [1.807, 2.05) is 27.7 Å². The number of guanidine groups is 1. The Morgan fingerprint density at radius 1 is 1.27 bits per heavy atom. The Labute approximate surface area is 177 Å². The van der Waals surface area contributed by atoms with Crippen LogP contribution in [0.4, 0.5) is 4.79 Å². The van der Waals surface area contributed by atoms with Crippen LogP contribution in [0.2, 0.25) is 0 Å². The van der Waals surface area contributed by atoms with E-state index in [-0.39, 0.29) is 24.0 Å². The van der Waals surface area contributed by atoms with E-state index in [0.29, 0.717) is 31.5 Å². The van der Waals surface area contributed by atoms with Gasteiger partial charge in [-0.15, -0.1) is 35.3 Å². The van der Waals surface area contributed by atoms with Crippen LogP contribution in [0.3, 0.4) is 0 Å². The van der Waals surface area contributed by atoms with Gasteiger partial charge in [-0.3, -0.25) is 0 Å². The summed E-state index contributed by atoms with van der Waals surface area (Å²) in [6, 6.07) is 0. The fraction of sp³-hybridized carbons (Fsp3) is 0.706. The minimum atomic E-state index is -0.490. The number of aromatic nitrogens is 1. The molecule has 0 unspecified atom stereocenters. The lowest BCUT2D eigenvalue weighted by atomic mass is 10.2. The number of nitrogens with one attached hydrogen (secondary N) is 3. The van der Waals surface area contributed by atoms with Crippen LogP contribution in [0, 0.1) is 0 Å². The molecule has 1 rings (SSSR count). The molecule has 1 heterocycles. The molecule has 7 nitrogen and oxygen atoms in total. The highest BCUT2D eigenvalue weighted by molar-refractivity contribution is 14.0. The Morgan fingerprint density at radius 2 is 1.92 bits per heavy atom. The van der Waals surface area contributed by atoms with Gasteiger partial charge in [0.15, 0.2) is 5.96 Å². The molecule has 3 N–H and O–H groups in total. The van der Waals surface area contributed by atoms with Gasteiger partial charge in [0.05, 0.1) is 12.2 Å². The van der Waals surface area contributed by atoms with Crippen LogP contribution < -0.4 is 16.0 Å². The Morgan fingerprint density at radius 3 is 2.46 bits per heavy atom. The second-order valence-corrected chi connectivity index (χ2v) is 7.81. The van der Waals surface area contributed by atoms with Crippen molar-refractivity contribution in [2.24, 2.45) is 4.99 Å². The summed E-state index contributed by atoms with van der Waals surface area (Å²) < 4.78 is 5.19. The Kier molecular flexibility index (Phi) is 11.8. The molecule has 0 saturated heterocycles. The molecule has 0 fully saturated rings. The largest absolute Gasteiger partial charge is 0.444 e. The van der Waals surface area contributed by atoms with Gasteiger partial charge in [0.25, 0.3) is 0 Å². The second kappa shape index (κ2) is 12.3. The van der Waals surface area contributed by atoms with Gasteiger partial charge in [0.1, 0.15) is 10.6 Å². The van der Waals surface area contributed by atoms with E-state index in [1.54, 1.807) is 11.3 Å². The summed E-state index contributed by atoms with van der Waals surface area (Å²) in [5, 5.41) is 12.2. The zero-order valence-corrected chi connectivity index (χ0v) is 19.7. The van der Waals surface area contributed by atoms with E-state index in [4.69, 9.17) is 4.74 Å². The molecular weight excluding hydrogens is 465 g/mol. The SMILES string of the molecule is CCNC(=NCc1nc(C(C)C)cs1)NCCNC(=O)OC(C)(C)C.I. The monoisotopic (exact) mass is 497 g/mol. The Hall–Kier alpha value is -1.10. The zero-order valence-electron chi connectivity index (χ0n) is 16.5. The summed E-state index contributed by atoms with van der Waals surface area (Å²) in [6.07, 6.45) is -0.416. The van der Waals surface area contributed by atoms with Crippen molar-refractivity contribution in [3.05, 3.63) is 16.1 Å². The number of nitrogens with zero attached hydrogens (tertiary/aromatic N) is 2. The van der Waals surface area contributed by atoms with Crippen molar-refractivity contribution in [3.63, 3.8) is 0 Å². The van der Waals surface area contributed by atoms with Crippen molar-refractivity contribution < 1.29 is 9.53 Å². The summed E-state index contributed by atoms with van der Waals surface area (Å²) in [5.74, 6) is 1.13. The molecule has 0 aromatic carbocycles. The first-order valence-corrected chi connectivity index (χ1v) is 9.52. The number of thiazole rings is 1. The van der Waals surface area contributed by atoms with Gasteiger partial charge >= 0.3 is 6.09 Å². The van der Waals surface area contributed by atoms with E-state index >= 15 is 0 Å². The highest BCUT2D eigenvalue weighted by Crippen LogP contribution is 2.18. The lowest BCUT2D eigenvalue weighted by Crippen LogP contribution is -2.42. The smallest absolute Gasteiger partial charge is 0.407 e. The lowest BCUT2D eigenvalue weighted by Gasteiger charge is -2.19. The number of alkyl carbamates (subject to hydrolysis) is 1. The van der Waals surface area contributed by atoms with E-state index in [2.05, 4.69) is 45.2 Å². The van der Waals surface area contributed by atoms with Crippen LogP contribution in [-0.2, 0) is 11.3 Å². The van der Waals surface area contributed by atoms with Crippen molar-refractivity contribution in [2.75, 3.05) is 19.6 Å². The van der Waals surface area contributed by atoms with Crippen molar-refractivity contribution in [1.82, 2.24) is 20.9 Å². The molecule has 1 aromatic heterocycles. The fourth-order valence-electron chi connectivity index (χ4n) is 1.81. The van der Waals surface area contributed by atoms with Crippen molar-refractivity contribution in [3.8, 4) is 0 Å². The topological polar surface area (TPSA) is 87.6 Å². The van der Waals surface area contributed by atoms with Gasteiger partial charge in [0, 0.05) is 25.0 Å². The average molecular weight is 497 g/mol. The average Bonchev–Trinajstić information content (AvgIpc) is 2.96. The molecule has 0 radical (unpaired) electrons. The summed E-state index contributed by atoms with van der Waals surface area (Å²) in [5.41, 5.74) is 0.617. The van der Waals surface area contributed by atoms with Crippen LogP contribution in [0.25, 0.3) is 0 Å². The van der Waals surface area contributed by atoms with Gasteiger partial charge in [-0.1, -0.05) is 13.8 Å². The van der Waals surface area contributed by atoms with Crippen LogP contribution >= 0.6 is 35.3 Å². The molecule has 0 spiro atoms. The summed E-state index contributed by atoms with van der Waals surface area (Å²) in [4.78, 5) is 20.7.